The van der Waals surface area contributed by atoms with Gasteiger partial charge in [0.05, 0.1) is 12.0 Å². The van der Waals surface area contributed by atoms with Crippen molar-refractivity contribution in [3.8, 4) is 11.5 Å². The van der Waals surface area contributed by atoms with Crippen LogP contribution < -0.4 is 14.8 Å². The number of rotatable bonds is 6. The third kappa shape index (κ3) is 3.72. The standard InChI is InChI=1S/C23H27NO4/c1-26-16-18-6-4-5-17(13-18)15-24-22(25)23(9-2-3-10-23)19-7-8-20-21(14-19)28-12-11-27-20/h4-8,13-14H,2-3,9-12,15-16H2,1H3,(H,24,25). The van der Waals surface area contributed by atoms with Crippen LogP contribution in [0.2, 0.25) is 0 Å². The van der Waals surface area contributed by atoms with Gasteiger partial charge in [0.15, 0.2) is 11.5 Å². The molecule has 1 N–H and O–H groups in total. The van der Waals surface area contributed by atoms with E-state index >= 15 is 0 Å². The Morgan fingerprint density at radius 2 is 1.79 bits per heavy atom. The number of hydrogen-bond donors (Lipinski definition) is 1. The Morgan fingerprint density at radius 3 is 2.57 bits per heavy atom. The third-order valence-corrected chi connectivity index (χ3v) is 5.74. The topological polar surface area (TPSA) is 56.8 Å². The van der Waals surface area contributed by atoms with Crippen LogP contribution in [0.4, 0.5) is 0 Å². The van der Waals surface area contributed by atoms with Crippen LogP contribution in [-0.2, 0) is 28.1 Å². The highest BCUT2D eigenvalue weighted by molar-refractivity contribution is 5.88. The van der Waals surface area contributed by atoms with Gasteiger partial charge in [0.25, 0.3) is 0 Å². The van der Waals surface area contributed by atoms with Crippen LogP contribution in [0.1, 0.15) is 42.4 Å². The molecule has 148 valence electrons. The number of benzene rings is 2. The van der Waals surface area contributed by atoms with E-state index in [1.807, 2.05) is 36.4 Å². The molecule has 1 aliphatic carbocycles. The van der Waals surface area contributed by atoms with Crippen LogP contribution >= 0.6 is 0 Å². The lowest BCUT2D eigenvalue weighted by Crippen LogP contribution is -2.42. The fourth-order valence-corrected chi connectivity index (χ4v) is 4.31. The maximum absolute atomic E-state index is 13.3. The molecule has 1 saturated carbocycles. The number of carbonyl (C=O) groups excluding carboxylic acids is 1. The van der Waals surface area contributed by atoms with Gasteiger partial charge in [-0.05, 0) is 41.7 Å². The quantitative estimate of drug-likeness (QED) is 0.828. The van der Waals surface area contributed by atoms with Gasteiger partial charge >= 0.3 is 0 Å². The summed E-state index contributed by atoms with van der Waals surface area (Å²) >= 11 is 0. The first-order chi connectivity index (χ1) is 13.7. The molecule has 2 aliphatic rings. The van der Waals surface area contributed by atoms with Gasteiger partial charge in [-0.25, -0.2) is 0 Å². The number of nitrogens with one attached hydrogen (secondary N) is 1. The molecule has 0 atom stereocenters. The number of ether oxygens (including phenoxy) is 3. The van der Waals surface area contributed by atoms with Crippen molar-refractivity contribution in [3.63, 3.8) is 0 Å². The van der Waals surface area contributed by atoms with Gasteiger partial charge in [0.2, 0.25) is 5.91 Å². The van der Waals surface area contributed by atoms with Crippen LogP contribution in [0.15, 0.2) is 42.5 Å². The van der Waals surface area contributed by atoms with E-state index in [1.54, 1.807) is 7.11 Å². The second-order valence-electron chi connectivity index (χ2n) is 7.58. The Labute approximate surface area is 166 Å². The predicted octanol–water partition coefficient (Wildman–Crippen LogP) is 3.73. The summed E-state index contributed by atoms with van der Waals surface area (Å²) in [5.41, 5.74) is 2.73. The summed E-state index contributed by atoms with van der Waals surface area (Å²) in [7, 11) is 1.69. The van der Waals surface area contributed by atoms with Crippen molar-refractivity contribution in [1.29, 1.82) is 0 Å². The molecule has 5 nitrogen and oxygen atoms in total. The van der Waals surface area contributed by atoms with E-state index in [0.717, 1.165) is 53.9 Å². The Morgan fingerprint density at radius 1 is 1.04 bits per heavy atom. The van der Waals surface area contributed by atoms with E-state index < -0.39 is 5.41 Å². The maximum Gasteiger partial charge on any atom is 0.230 e. The highest BCUT2D eigenvalue weighted by atomic mass is 16.6. The second-order valence-corrected chi connectivity index (χ2v) is 7.58. The molecule has 0 aromatic heterocycles. The summed E-state index contributed by atoms with van der Waals surface area (Å²) in [5.74, 6) is 1.60. The first-order valence-electron chi connectivity index (χ1n) is 9.96. The summed E-state index contributed by atoms with van der Waals surface area (Å²) < 4.78 is 16.6. The molecular weight excluding hydrogens is 354 g/mol. The summed E-state index contributed by atoms with van der Waals surface area (Å²) in [6.07, 6.45) is 3.85. The molecule has 4 rings (SSSR count). The van der Waals surface area contributed by atoms with Crippen LogP contribution in [0.5, 0.6) is 11.5 Å². The monoisotopic (exact) mass is 381 g/mol. The van der Waals surface area contributed by atoms with E-state index in [9.17, 15) is 4.79 Å². The lowest BCUT2D eigenvalue weighted by atomic mass is 9.77. The second kappa shape index (κ2) is 8.23. The number of hydrogen-bond acceptors (Lipinski definition) is 4. The van der Waals surface area contributed by atoms with E-state index in [1.165, 1.54) is 0 Å². The predicted molar refractivity (Wildman–Crippen MR) is 107 cm³/mol. The molecule has 1 heterocycles. The number of carbonyl (C=O) groups is 1. The molecule has 5 heteroatoms. The van der Waals surface area contributed by atoms with Gasteiger partial charge in [-0.2, -0.15) is 0 Å². The third-order valence-electron chi connectivity index (χ3n) is 5.74. The van der Waals surface area contributed by atoms with Crippen molar-refractivity contribution in [2.45, 2.75) is 44.2 Å². The first-order valence-corrected chi connectivity index (χ1v) is 9.96. The van der Waals surface area contributed by atoms with Crippen molar-refractivity contribution in [2.75, 3.05) is 20.3 Å². The minimum Gasteiger partial charge on any atom is -0.486 e. The molecule has 0 saturated heterocycles. The average molecular weight is 381 g/mol. The zero-order chi connectivity index (χ0) is 19.4. The smallest absolute Gasteiger partial charge is 0.230 e. The van der Waals surface area contributed by atoms with E-state index in [-0.39, 0.29) is 5.91 Å². The fraction of sp³-hybridized carbons (Fsp3) is 0.435. The number of methoxy groups -OCH3 is 1. The lowest BCUT2D eigenvalue weighted by Gasteiger charge is -2.30. The largest absolute Gasteiger partial charge is 0.486 e. The number of fused-ring (bicyclic) bond motifs is 1. The summed E-state index contributed by atoms with van der Waals surface area (Å²) in [6.45, 7) is 2.21. The molecule has 0 spiro atoms. The number of amides is 1. The zero-order valence-corrected chi connectivity index (χ0v) is 16.3. The van der Waals surface area contributed by atoms with Gasteiger partial charge in [-0.3, -0.25) is 4.79 Å². The molecule has 0 unspecified atom stereocenters. The average Bonchev–Trinajstić information content (AvgIpc) is 3.23. The van der Waals surface area contributed by atoms with Crippen molar-refractivity contribution in [1.82, 2.24) is 5.32 Å². The molecule has 1 aliphatic heterocycles. The normalized spacial score (nSPS) is 17.3. The minimum absolute atomic E-state index is 0.0961. The molecule has 0 bridgehead atoms. The molecule has 2 aromatic carbocycles. The van der Waals surface area contributed by atoms with Crippen molar-refractivity contribution >= 4 is 5.91 Å². The van der Waals surface area contributed by atoms with Crippen molar-refractivity contribution in [2.24, 2.45) is 0 Å². The maximum atomic E-state index is 13.3. The van der Waals surface area contributed by atoms with Gasteiger partial charge in [0.1, 0.15) is 13.2 Å². The molecule has 2 aromatic rings. The van der Waals surface area contributed by atoms with Crippen LogP contribution in [0.3, 0.4) is 0 Å². The van der Waals surface area contributed by atoms with Gasteiger partial charge in [-0.15, -0.1) is 0 Å². The van der Waals surface area contributed by atoms with E-state index in [2.05, 4.69) is 11.4 Å². The van der Waals surface area contributed by atoms with Gasteiger partial charge in [0, 0.05) is 13.7 Å². The van der Waals surface area contributed by atoms with Crippen LogP contribution in [0.25, 0.3) is 0 Å². The van der Waals surface area contributed by atoms with Crippen molar-refractivity contribution < 1.29 is 19.0 Å². The minimum atomic E-state index is -0.486. The Kier molecular flexibility index (Phi) is 5.53. The highest BCUT2D eigenvalue weighted by Crippen LogP contribution is 2.44. The molecule has 28 heavy (non-hydrogen) atoms. The molecule has 1 amide bonds. The van der Waals surface area contributed by atoms with E-state index in [0.29, 0.717) is 26.4 Å². The fourth-order valence-electron chi connectivity index (χ4n) is 4.31. The summed E-state index contributed by atoms with van der Waals surface area (Å²) in [4.78, 5) is 13.3. The van der Waals surface area contributed by atoms with Crippen molar-refractivity contribution in [3.05, 3.63) is 59.2 Å². The van der Waals surface area contributed by atoms with Gasteiger partial charge in [-0.1, -0.05) is 43.2 Å². The Balaban J connectivity index is 1.52. The zero-order valence-electron chi connectivity index (χ0n) is 16.3. The molecule has 0 radical (unpaired) electrons. The van der Waals surface area contributed by atoms with Gasteiger partial charge < -0.3 is 19.5 Å². The first kappa shape index (κ1) is 18.8. The molecular formula is C23H27NO4. The summed E-state index contributed by atoms with van der Waals surface area (Å²) in [6, 6.07) is 14.1. The highest BCUT2D eigenvalue weighted by Gasteiger charge is 2.43. The molecule has 1 fully saturated rings. The van der Waals surface area contributed by atoms with Crippen LogP contribution in [-0.4, -0.2) is 26.2 Å². The Bertz CT molecular complexity index is 842. The SMILES string of the molecule is COCc1cccc(CNC(=O)C2(c3ccc4c(c3)OCCO4)CCCC2)c1. The lowest BCUT2D eigenvalue weighted by molar-refractivity contribution is -0.126. The summed E-state index contributed by atoms with van der Waals surface area (Å²) in [5, 5.41) is 3.18. The van der Waals surface area contributed by atoms with Crippen LogP contribution in [0, 0.1) is 0 Å². The van der Waals surface area contributed by atoms with E-state index in [4.69, 9.17) is 14.2 Å². The Hall–Kier alpha value is -2.53.